The Labute approximate surface area is 90.8 Å². The van der Waals surface area contributed by atoms with Gasteiger partial charge in [0, 0.05) is 11.3 Å². The molecule has 74 valence electrons. The number of allylic oxidation sites excluding steroid dienone is 1. The van der Waals surface area contributed by atoms with Crippen LogP contribution in [0.3, 0.4) is 0 Å². The second-order valence-electron chi connectivity index (χ2n) is 3.24. The number of hydrogen-bond donors (Lipinski definition) is 1. The summed E-state index contributed by atoms with van der Waals surface area (Å²) < 4.78 is 5.56. The topological polar surface area (TPSA) is 35.2 Å². The summed E-state index contributed by atoms with van der Waals surface area (Å²) in [7, 11) is 0.716. The van der Waals surface area contributed by atoms with Crippen LogP contribution in [0.15, 0.2) is 23.7 Å². The number of hydrogen-bond acceptors (Lipinski definition) is 2. The van der Waals surface area contributed by atoms with Gasteiger partial charge in [0.15, 0.2) is 0 Å². The Bertz CT molecular complexity index is 365. The van der Waals surface area contributed by atoms with Crippen molar-refractivity contribution in [3.8, 4) is 5.75 Å². The van der Waals surface area contributed by atoms with E-state index in [0.29, 0.717) is 7.48 Å². The van der Waals surface area contributed by atoms with Crippen LogP contribution in [-0.4, -0.2) is 7.48 Å². The molecule has 0 fully saturated rings. The van der Waals surface area contributed by atoms with Crippen LogP contribution in [-0.2, 0) is 0 Å². The molecule has 1 aromatic carbocycles. The monoisotopic (exact) mass is 209 g/mol. The number of halogens is 1. The van der Waals surface area contributed by atoms with Crippen molar-refractivity contribution in [2.75, 3.05) is 5.73 Å². The Morgan fingerprint density at radius 3 is 2.93 bits per heavy atom. The minimum Gasteiger partial charge on any atom is -0.559 e. The van der Waals surface area contributed by atoms with Crippen molar-refractivity contribution in [3.63, 3.8) is 0 Å². The van der Waals surface area contributed by atoms with Gasteiger partial charge < -0.3 is 10.4 Å². The molecule has 0 saturated carbocycles. The van der Waals surface area contributed by atoms with Crippen molar-refractivity contribution < 1.29 is 4.65 Å². The maximum atomic E-state index is 5.68. The van der Waals surface area contributed by atoms with Crippen LogP contribution < -0.4 is 10.4 Å². The summed E-state index contributed by atoms with van der Waals surface area (Å²) in [6, 6.07) is 5.74. The zero-order valence-corrected chi connectivity index (χ0v) is 8.93. The maximum Gasteiger partial charge on any atom is 0.369 e. The number of nitrogens with two attached hydrogens (primary N) is 1. The molecule has 1 aromatic rings. The van der Waals surface area contributed by atoms with E-state index in [1.807, 2.05) is 18.2 Å². The maximum absolute atomic E-state index is 5.68. The highest BCUT2D eigenvalue weighted by atomic mass is 35.5. The normalized spacial score (nSPS) is 12.8. The smallest absolute Gasteiger partial charge is 0.369 e. The molecule has 1 aliphatic rings. The molecule has 0 unspecified atom stereocenters. The quantitative estimate of drug-likeness (QED) is 0.568. The average Bonchev–Trinajstić information content (AvgIpc) is 2.16. The standard InChI is InChI=1S/C10H12BNO.ClH/c1-2-8-5-7-6-9(12)3-4-10(7)13-11-8;/h3-6,11H,2,12H2,1H3;1H. The summed E-state index contributed by atoms with van der Waals surface area (Å²) in [4.78, 5) is 0. The van der Waals surface area contributed by atoms with Gasteiger partial charge in [-0.3, -0.25) is 0 Å². The molecular weight excluding hydrogens is 196 g/mol. The summed E-state index contributed by atoms with van der Waals surface area (Å²) in [5, 5.41) is 0. The van der Waals surface area contributed by atoms with Gasteiger partial charge in [-0.1, -0.05) is 18.5 Å². The van der Waals surface area contributed by atoms with E-state index in [4.69, 9.17) is 10.4 Å². The first-order chi connectivity index (χ1) is 6.29. The Balaban J connectivity index is 0.000000980. The molecule has 1 aliphatic heterocycles. The molecule has 2 N–H and O–H groups in total. The summed E-state index contributed by atoms with van der Waals surface area (Å²) >= 11 is 0. The number of nitrogen functional groups attached to an aromatic ring is 1. The molecule has 0 atom stereocenters. The van der Waals surface area contributed by atoms with Gasteiger partial charge in [0.1, 0.15) is 5.75 Å². The third-order valence-electron chi connectivity index (χ3n) is 2.26. The largest absolute Gasteiger partial charge is 0.559 e. The molecule has 0 saturated heterocycles. The van der Waals surface area contributed by atoms with Crippen molar-refractivity contribution in [1.29, 1.82) is 0 Å². The van der Waals surface area contributed by atoms with Crippen LogP contribution in [0.1, 0.15) is 18.9 Å². The summed E-state index contributed by atoms with van der Waals surface area (Å²) in [5.74, 6) is 0.936. The minimum absolute atomic E-state index is 0. The molecule has 0 amide bonds. The van der Waals surface area contributed by atoms with Crippen LogP contribution in [0.2, 0.25) is 0 Å². The third-order valence-corrected chi connectivity index (χ3v) is 2.26. The fourth-order valence-electron chi connectivity index (χ4n) is 1.45. The van der Waals surface area contributed by atoms with E-state index in [1.54, 1.807) is 0 Å². The summed E-state index contributed by atoms with van der Waals surface area (Å²) in [5.41, 5.74) is 8.89. The molecule has 14 heavy (non-hydrogen) atoms. The highest BCUT2D eigenvalue weighted by molar-refractivity contribution is 6.41. The number of anilines is 1. The summed E-state index contributed by atoms with van der Waals surface area (Å²) in [6.07, 6.45) is 3.20. The first kappa shape index (κ1) is 11.0. The third kappa shape index (κ3) is 2.04. The second-order valence-corrected chi connectivity index (χ2v) is 3.24. The highest BCUT2D eigenvalue weighted by Crippen LogP contribution is 2.27. The Kier molecular flexibility index (Phi) is 3.47. The van der Waals surface area contributed by atoms with Crippen molar-refractivity contribution in [2.45, 2.75) is 13.3 Å². The molecule has 0 bridgehead atoms. The van der Waals surface area contributed by atoms with E-state index in [0.717, 1.165) is 23.4 Å². The van der Waals surface area contributed by atoms with Gasteiger partial charge in [0.05, 0.1) is 0 Å². The van der Waals surface area contributed by atoms with Crippen LogP contribution >= 0.6 is 12.4 Å². The number of benzene rings is 1. The first-order valence-corrected chi connectivity index (χ1v) is 4.51. The van der Waals surface area contributed by atoms with E-state index in [2.05, 4.69) is 13.0 Å². The first-order valence-electron chi connectivity index (χ1n) is 4.51. The summed E-state index contributed by atoms with van der Waals surface area (Å²) in [6.45, 7) is 2.13. The molecular formula is C10H13BClNO. The lowest BCUT2D eigenvalue weighted by molar-refractivity contribution is 0.594. The van der Waals surface area contributed by atoms with Crippen molar-refractivity contribution in [2.24, 2.45) is 0 Å². The van der Waals surface area contributed by atoms with E-state index in [9.17, 15) is 0 Å². The lowest BCUT2D eigenvalue weighted by Gasteiger charge is -2.16. The fourth-order valence-corrected chi connectivity index (χ4v) is 1.45. The van der Waals surface area contributed by atoms with Gasteiger partial charge in [-0.15, -0.1) is 12.4 Å². The van der Waals surface area contributed by atoms with E-state index in [1.165, 1.54) is 5.47 Å². The van der Waals surface area contributed by atoms with Gasteiger partial charge in [0.25, 0.3) is 0 Å². The van der Waals surface area contributed by atoms with Crippen LogP contribution in [0.4, 0.5) is 5.69 Å². The van der Waals surface area contributed by atoms with Crippen LogP contribution in [0, 0.1) is 0 Å². The number of fused-ring (bicyclic) bond motifs is 1. The molecule has 0 aromatic heterocycles. The highest BCUT2D eigenvalue weighted by Gasteiger charge is 2.11. The van der Waals surface area contributed by atoms with Gasteiger partial charge in [-0.25, -0.2) is 0 Å². The number of rotatable bonds is 1. The lowest BCUT2D eigenvalue weighted by atomic mass is 9.81. The second kappa shape index (κ2) is 4.42. The predicted octanol–water partition coefficient (Wildman–Crippen LogP) is 2.19. The molecule has 2 nitrogen and oxygen atoms in total. The molecule has 4 heteroatoms. The van der Waals surface area contributed by atoms with Gasteiger partial charge in [0.2, 0.25) is 0 Å². The molecule has 2 rings (SSSR count). The lowest BCUT2D eigenvalue weighted by Crippen LogP contribution is -2.10. The molecule has 0 aliphatic carbocycles. The Hall–Kier alpha value is -1.09. The van der Waals surface area contributed by atoms with Gasteiger partial charge in [-0.2, -0.15) is 0 Å². The zero-order chi connectivity index (χ0) is 9.26. The van der Waals surface area contributed by atoms with E-state index in [-0.39, 0.29) is 12.4 Å². The van der Waals surface area contributed by atoms with Crippen molar-refractivity contribution in [1.82, 2.24) is 0 Å². The average molecular weight is 209 g/mol. The zero-order valence-electron chi connectivity index (χ0n) is 8.12. The van der Waals surface area contributed by atoms with Crippen molar-refractivity contribution in [3.05, 3.63) is 29.2 Å². The minimum atomic E-state index is 0. The van der Waals surface area contributed by atoms with Crippen molar-refractivity contribution >= 4 is 31.7 Å². The molecule has 0 radical (unpaired) electrons. The Morgan fingerprint density at radius 2 is 2.21 bits per heavy atom. The van der Waals surface area contributed by atoms with Gasteiger partial charge in [-0.05, 0) is 24.6 Å². The Morgan fingerprint density at radius 1 is 1.43 bits per heavy atom. The molecule has 0 spiro atoms. The van der Waals surface area contributed by atoms with E-state index < -0.39 is 0 Å². The van der Waals surface area contributed by atoms with Gasteiger partial charge >= 0.3 is 7.48 Å². The van der Waals surface area contributed by atoms with Crippen LogP contribution in [0.5, 0.6) is 5.75 Å². The SMILES string of the molecule is CCC1=Cc2cc(N)ccc2OB1.Cl. The molecule has 1 heterocycles. The van der Waals surface area contributed by atoms with E-state index >= 15 is 0 Å². The predicted molar refractivity (Wildman–Crippen MR) is 64.1 cm³/mol. The fraction of sp³-hybridized carbons (Fsp3) is 0.200. The van der Waals surface area contributed by atoms with Crippen LogP contribution in [0.25, 0.3) is 6.08 Å².